The first-order valence-electron chi connectivity index (χ1n) is 9.84. The molecule has 146 valence electrons. The Morgan fingerprint density at radius 3 is 2.68 bits per heavy atom. The summed E-state index contributed by atoms with van der Waals surface area (Å²) in [6.45, 7) is 2.20. The van der Waals surface area contributed by atoms with Gasteiger partial charge < -0.3 is 5.32 Å². The van der Waals surface area contributed by atoms with Crippen molar-refractivity contribution in [2.75, 3.05) is 5.75 Å². The predicted octanol–water partition coefficient (Wildman–Crippen LogP) is 3.87. The van der Waals surface area contributed by atoms with Gasteiger partial charge in [-0.15, -0.1) is 0 Å². The molecule has 4 rings (SSSR count). The van der Waals surface area contributed by atoms with E-state index in [4.69, 9.17) is 0 Å². The van der Waals surface area contributed by atoms with Gasteiger partial charge in [0, 0.05) is 13.1 Å². The molecule has 1 fully saturated rings. The van der Waals surface area contributed by atoms with Crippen LogP contribution in [-0.2, 0) is 11.8 Å². The molecule has 2 atom stereocenters. The van der Waals surface area contributed by atoms with Gasteiger partial charge in [0.05, 0.1) is 16.7 Å². The van der Waals surface area contributed by atoms with Crippen molar-refractivity contribution in [3.05, 3.63) is 46.8 Å². The molecule has 1 amide bonds. The van der Waals surface area contributed by atoms with Crippen LogP contribution in [0.1, 0.15) is 32.6 Å². The Morgan fingerprint density at radius 2 is 1.93 bits per heavy atom. The van der Waals surface area contributed by atoms with Gasteiger partial charge in [-0.3, -0.25) is 14.2 Å². The van der Waals surface area contributed by atoms with Crippen molar-refractivity contribution >= 4 is 39.3 Å². The van der Waals surface area contributed by atoms with Crippen LogP contribution in [0.25, 0.3) is 21.7 Å². The van der Waals surface area contributed by atoms with Gasteiger partial charge in [-0.2, -0.15) is 0 Å². The van der Waals surface area contributed by atoms with Crippen LogP contribution < -0.4 is 10.9 Å². The number of carbonyl (C=O) groups is 1. The summed E-state index contributed by atoms with van der Waals surface area (Å²) in [6.07, 6.45) is 4.65. The average molecular weight is 396 g/mol. The van der Waals surface area contributed by atoms with Crippen molar-refractivity contribution in [1.29, 1.82) is 0 Å². The molecule has 0 unspecified atom stereocenters. The van der Waals surface area contributed by atoms with E-state index in [0.717, 1.165) is 17.2 Å². The van der Waals surface area contributed by atoms with Crippen LogP contribution in [0.3, 0.4) is 0 Å². The first-order chi connectivity index (χ1) is 13.5. The Balaban J connectivity index is 1.55. The summed E-state index contributed by atoms with van der Waals surface area (Å²) in [4.78, 5) is 29.9. The van der Waals surface area contributed by atoms with E-state index in [1.807, 2.05) is 36.4 Å². The Labute approximate surface area is 168 Å². The summed E-state index contributed by atoms with van der Waals surface area (Å²) in [6, 6.07) is 12.0. The lowest BCUT2D eigenvalue weighted by Crippen LogP contribution is -2.41. The van der Waals surface area contributed by atoms with Gasteiger partial charge in [0.25, 0.3) is 5.56 Å². The van der Waals surface area contributed by atoms with Gasteiger partial charge in [-0.05, 0) is 41.7 Å². The first kappa shape index (κ1) is 19.0. The highest BCUT2D eigenvalue weighted by Crippen LogP contribution is 2.25. The van der Waals surface area contributed by atoms with E-state index in [2.05, 4.69) is 17.2 Å². The molecule has 3 aromatic rings. The zero-order valence-electron chi connectivity index (χ0n) is 16.3. The summed E-state index contributed by atoms with van der Waals surface area (Å²) in [7, 11) is 1.72. The highest BCUT2D eigenvalue weighted by molar-refractivity contribution is 7.99. The number of thioether (sulfide) groups is 1. The molecule has 1 aliphatic rings. The number of aromatic nitrogens is 2. The number of rotatable bonds is 4. The minimum absolute atomic E-state index is 0.0107. The van der Waals surface area contributed by atoms with Crippen LogP contribution in [0, 0.1) is 5.92 Å². The third-order valence-corrected chi connectivity index (χ3v) is 6.72. The summed E-state index contributed by atoms with van der Waals surface area (Å²) >= 11 is 1.32. The molecule has 2 aromatic carbocycles. The van der Waals surface area contributed by atoms with Gasteiger partial charge in [-0.25, -0.2) is 4.98 Å². The Morgan fingerprint density at radius 1 is 1.21 bits per heavy atom. The normalized spacial score (nSPS) is 19.8. The monoisotopic (exact) mass is 395 g/mol. The van der Waals surface area contributed by atoms with Gasteiger partial charge in [0.15, 0.2) is 5.16 Å². The second-order valence-corrected chi connectivity index (χ2v) is 8.64. The first-order valence-corrected chi connectivity index (χ1v) is 10.8. The lowest BCUT2D eigenvalue weighted by molar-refractivity contribution is -0.119. The van der Waals surface area contributed by atoms with Gasteiger partial charge in [0.2, 0.25) is 5.91 Å². The number of fused-ring (bicyclic) bond motifs is 2. The number of amides is 1. The summed E-state index contributed by atoms with van der Waals surface area (Å²) in [5.41, 5.74) is 0.588. The molecule has 6 heteroatoms. The molecule has 0 radical (unpaired) electrons. The van der Waals surface area contributed by atoms with E-state index in [0.29, 0.717) is 22.0 Å². The van der Waals surface area contributed by atoms with E-state index in [9.17, 15) is 9.59 Å². The third kappa shape index (κ3) is 3.78. The number of hydrogen-bond donors (Lipinski definition) is 1. The van der Waals surface area contributed by atoms with Crippen molar-refractivity contribution in [2.45, 2.75) is 43.8 Å². The fraction of sp³-hybridized carbons (Fsp3) is 0.409. The van der Waals surface area contributed by atoms with Crippen LogP contribution >= 0.6 is 11.8 Å². The van der Waals surface area contributed by atoms with E-state index in [1.54, 1.807) is 7.05 Å². The molecule has 28 heavy (non-hydrogen) atoms. The van der Waals surface area contributed by atoms with E-state index < -0.39 is 0 Å². The van der Waals surface area contributed by atoms with Gasteiger partial charge in [-0.1, -0.05) is 55.8 Å². The molecule has 5 nitrogen and oxygen atoms in total. The number of carbonyl (C=O) groups excluding carboxylic acids is 1. The minimum Gasteiger partial charge on any atom is -0.352 e. The lowest BCUT2D eigenvalue weighted by Gasteiger charge is -2.29. The van der Waals surface area contributed by atoms with Crippen LogP contribution in [0.2, 0.25) is 0 Å². The molecule has 1 aromatic heterocycles. The van der Waals surface area contributed by atoms with E-state index in [-0.39, 0.29) is 23.3 Å². The summed E-state index contributed by atoms with van der Waals surface area (Å²) < 4.78 is 1.54. The Bertz CT molecular complexity index is 1090. The lowest BCUT2D eigenvalue weighted by atomic mass is 9.86. The van der Waals surface area contributed by atoms with Crippen LogP contribution in [0.15, 0.2) is 46.3 Å². The predicted molar refractivity (Wildman–Crippen MR) is 115 cm³/mol. The quantitative estimate of drug-likeness (QED) is 0.414. The standard InChI is InChI=1S/C22H25N3O2S/c1-14-7-3-6-10-18(14)23-20(26)13-28-22-24-19-12-16-9-5-4-8-15(16)11-17(19)21(27)25(22)2/h4-5,8-9,11-12,14,18H,3,6-7,10,13H2,1-2H3,(H,23,26)/t14-,18-/m1/s1. The molecular weight excluding hydrogens is 370 g/mol. The average Bonchev–Trinajstić information content (AvgIpc) is 2.70. The Hall–Kier alpha value is -2.34. The molecule has 0 spiro atoms. The van der Waals surface area contributed by atoms with Crippen molar-refractivity contribution in [1.82, 2.24) is 14.9 Å². The maximum atomic E-state index is 12.8. The highest BCUT2D eigenvalue weighted by atomic mass is 32.2. The fourth-order valence-electron chi connectivity index (χ4n) is 3.98. The molecule has 0 saturated heterocycles. The molecule has 1 aliphatic carbocycles. The largest absolute Gasteiger partial charge is 0.352 e. The van der Waals surface area contributed by atoms with E-state index >= 15 is 0 Å². The summed E-state index contributed by atoms with van der Waals surface area (Å²) in [5, 5.41) is 6.41. The molecule has 1 saturated carbocycles. The van der Waals surface area contributed by atoms with Crippen LogP contribution in [0.5, 0.6) is 0 Å². The molecule has 0 aliphatic heterocycles. The van der Waals surface area contributed by atoms with Gasteiger partial charge >= 0.3 is 0 Å². The molecule has 1 N–H and O–H groups in total. The maximum Gasteiger partial charge on any atom is 0.261 e. The maximum absolute atomic E-state index is 12.8. The number of hydrogen-bond acceptors (Lipinski definition) is 4. The van der Waals surface area contributed by atoms with E-state index in [1.165, 1.54) is 35.6 Å². The van der Waals surface area contributed by atoms with Crippen molar-refractivity contribution in [2.24, 2.45) is 13.0 Å². The summed E-state index contributed by atoms with van der Waals surface area (Å²) in [5.74, 6) is 0.804. The topological polar surface area (TPSA) is 64.0 Å². The molecular formula is C22H25N3O2S. The SMILES string of the molecule is C[C@@H]1CCCC[C@H]1NC(=O)CSc1nc2cc3ccccc3cc2c(=O)n1C. The minimum atomic E-state index is -0.0837. The Kier molecular flexibility index (Phi) is 5.40. The highest BCUT2D eigenvalue weighted by Gasteiger charge is 2.23. The molecule has 0 bridgehead atoms. The van der Waals surface area contributed by atoms with Crippen molar-refractivity contribution in [3.8, 4) is 0 Å². The number of nitrogens with zero attached hydrogens (tertiary/aromatic N) is 2. The van der Waals surface area contributed by atoms with Crippen LogP contribution in [0.4, 0.5) is 0 Å². The molecule has 1 heterocycles. The van der Waals surface area contributed by atoms with Crippen molar-refractivity contribution < 1.29 is 4.79 Å². The second kappa shape index (κ2) is 7.95. The fourth-order valence-corrected chi connectivity index (χ4v) is 4.76. The number of nitrogens with one attached hydrogen (secondary N) is 1. The zero-order chi connectivity index (χ0) is 19.7. The van der Waals surface area contributed by atoms with Gasteiger partial charge in [0.1, 0.15) is 0 Å². The third-order valence-electron chi connectivity index (χ3n) is 5.69. The van der Waals surface area contributed by atoms with Crippen LogP contribution in [-0.4, -0.2) is 27.3 Å². The second-order valence-electron chi connectivity index (χ2n) is 7.70. The number of benzene rings is 2. The zero-order valence-corrected chi connectivity index (χ0v) is 17.1. The van der Waals surface area contributed by atoms with Crippen molar-refractivity contribution in [3.63, 3.8) is 0 Å². The smallest absolute Gasteiger partial charge is 0.261 e.